The first-order valence-corrected chi connectivity index (χ1v) is 6.44. The van der Waals surface area contributed by atoms with E-state index in [1.54, 1.807) is 0 Å². The van der Waals surface area contributed by atoms with Crippen LogP contribution in [0, 0.1) is 23.7 Å². The fourth-order valence-corrected chi connectivity index (χ4v) is 2.49. The van der Waals surface area contributed by atoms with Crippen LogP contribution in [0.15, 0.2) is 18.2 Å². The SMILES string of the molecule is CCCC1(CNc2c(C)cccc2C#N)CC1. The Bertz CT molecular complexity index is 439. The molecule has 1 N–H and O–H groups in total. The second kappa shape index (κ2) is 4.79. The lowest BCUT2D eigenvalue weighted by atomic mass is 10.00. The molecular weight excluding hydrogens is 208 g/mol. The third-order valence-electron chi connectivity index (χ3n) is 3.77. The van der Waals surface area contributed by atoms with Gasteiger partial charge < -0.3 is 5.32 Å². The summed E-state index contributed by atoms with van der Waals surface area (Å²) in [5, 5.41) is 12.6. The predicted octanol–water partition coefficient (Wildman–Crippen LogP) is 3.86. The van der Waals surface area contributed by atoms with Crippen molar-refractivity contribution in [2.24, 2.45) is 5.41 Å². The lowest BCUT2D eigenvalue weighted by Gasteiger charge is -2.18. The molecule has 0 aliphatic heterocycles. The van der Waals surface area contributed by atoms with Crippen molar-refractivity contribution in [3.63, 3.8) is 0 Å². The molecule has 1 fully saturated rings. The Kier molecular flexibility index (Phi) is 3.38. The number of rotatable bonds is 5. The van der Waals surface area contributed by atoms with E-state index in [0.29, 0.717) is 5.41 Å². The molecule has 0 amide bonds. The Morgan fingerprint density at radius 1 is 1.41 bits per heavy atom. The standard InChI is InChI=1S/C15H20N2/c1-3-7-15(8-9-15)11-17-14-12(2)5-4-6-13(14)10-16/h4-6,17H,3,7-9,11H2,1-2H3. The molecule has 90 valence electrons. The second-order valence-corrected chi connectivity index (χ2v) is 5.21. The minimum atomic E-state index is 0.518. The summed E-state index contributed by atoms with van der Waals surface area (Å²) in [7, 11) is 0. The number of hydrogen-bond acceptors (Lipinski definition) is 2. The lowest BCUT2D eigenvalue weighted by Crippen LogP contribution is -2.16. The summed E-state index contributed by atoms with van der Waals surface area (Å²) in [6.45, 7) is 5.32. The van der Waals surface area contributed by atoms with Crippen molar-refractivity contribution in [3.05, 3.63) is 29.3 Å². The average molecular weight is 228 g/mol. The largest absolute Gasteiger partial charge is 0.383 e. The molecule has 0 bridgehead atoms. The number of nitriles is 1. The van der Waals surface area contributed by atoms with Gasteiger partial charge >= 0.3 is 0 Å². The first-order chi connectivity index (χ1) is 8.21. The molecule has 1 aromatic carbocycles. The van der Waals surface area contributed by atoms with Crippen LogP contribution < -0.4 is 5.32 Å². The highest BCUT2D eigenvalue weighted by molar-refractivity contribution is 5.62. The van der Waals surface area contributed by atoms with Crippen LogP contribution in [-0.4, -0.2) is 6.54 Å². The van der Waals surface area contributed by atoms with Crippen molar-refractivity contribution < 1.29 is 0 Å². The minimum Gasteiger partial charge on any atom is -0.383 e. The Morgan fingerprint density at radius 2 is 2.18 bits per heavy atom. The number of anilines is 1. The molecule has 2 nitrogen and oxygen atoms in total. The van der Waals surface area contributed by atoms with E-state index in [1.165, 1.54) is 25.7 Å². The molecule has 0 saturated heterocycles. The van der Waals surface area contributed by atoms with Gasteiger partial charge in [-0.15, -0.1) is 0 Å². The van der Waals surface area contributed by atoms with E-state index in [0.717, 1.165) is 23.4 Å². The molecule has 1 aromatic rings. The van der Waals surface area contributed by atoms with Crippen LogP contribution in [-0.2, 0) is 0 Å². The number of hydrogen-bond donors (Lipinski definition) is 1. The Labute approximate surface area is 104 Å². The molecule has 0 aromatic heterocycles. The fraction of sp³-hybridized carbons (Fsp3) is 0.533. The van der Waals surface area contributed by atoms with E-state index in [-0.39, 0.29) is 0 Å². The Morgan fingerprint density at radius 3 is 2.76 bits per heavy atom. The molecule has 0 atom stereocenters. The van der Waals surface area contributed by atoms with Crippen LogP contribution in [0.25, 0.3) is 0 Å². The van der Waals surface area contributed by atoms with Crippen LogP contribution in [0.1, 0.15) is 43.7 Å². The third kappa shape index (κ3) is 2.61. The summed E-state index contributed by atoms with van der Waals surface area (Å²) in [6, 6.07) is 8.15. The topological polar surface area (TPSA) is 35.8 Å². The number of nitrogens with one attached hydrogen (secondary N) is 1. The van der Waals surface area contributed by atoms with Crippen LogP contribution in [0.4, 0.5) is 5.69 Å². The molecule has 1 aliphatic rings. The van der Waals surface area contributed by atoms with Crippen molar-refractivity contribution in [1.82, 2.24) is 0 Å². The number of aryl methyl sites for hydroxylation is 1. The molecule has 17 heavy (non-hydrogen) atoms. The zero-order valence-electron chi connectivity index (χ0n) is 10.7. The van der Waals surface area contributed by atoms with Crippen LogP contribution in [0.2, 0.25) is 0 Å². The molecule has 1 saturated carbocycles. The zero-order valence-corrected chi connectivity index (χ0v) is 10.7. The van der Waals surface area contributed by atoms with Crippen molar-refractivity contribution in [2.45, 2.75) is 39.5 Å². The summed E-state index contributed by atoms with van der Waals surface area (Å²) in [6.07, 6.45) is 5.22. The maximum Gasteiger partial charge on any atom is 0.101 e. The number of nitrogens with zero attached hydrogens (tertiary/aromatic N) is 1. The van der Waals surface area contributed by atoms with E-state index >= 15 is 0 Å². The highest BCUT2D eigenvalue weighted by atomic mass is 14.9. The summed E-state index contributed by atoms with van der Waals surface area (Å²) in [4.78, 5) is 0. The van der Waals surface area contributed by atoms with Gasteiger partial charge in [-0.25, -0.2) is 0 Å². The monoisotopic (exact) mass is 228 g/mol. The maximum absolute atomic E-state index is 9.10. The molecule has 2 rings (SSSR count). The Balaban J connectivity index is 2.07. The lowest BCUT2D eigenvalue weighted by molar-refractivity contribution is 0.485. The highest BCUT2D eigenvalue weighted by Gasteiger charge is 2.41. The minimum absolute atomic E-state index is 0.518. The number of benzene rings is 1. The van der Waals surface area contributed by atoms with Gasteiger partial charge in [0, 0.05) is 6.54 Å². The van der Waals surface area contributed by atoms with Gasteiger partial charge in [-0.2, -0.15) is 5.26 Å². The quantitative estimate of drug-likeness (QED) is 0.830. The molecule has 0 radical (unpaired) electrons. The van der Waals surface area contributed by atoms with E-state index in [4.69, 9.17) is 5.26 Å². The predicted molar refractivity (Wildman–Crippen MR) is 71.0 cm³/mol. The van der Waals surface area contributed by atoms with Crippen molar-refractivity contribution >= 4 is 5.69 Å². The summed E-state index contributed by atoms with van der Waals surface area (Å²) >= 11 is 0. The fourth-order valence-electron chi connectivity index (χ4n) is 2.49. The summed E-state index contributed by atoms with van der Waals surface area (Å²) in [5.74, 6) is 0. The van der Waals surface area contributed by atoms with Crippen molar-refractivity contribution in [1.29, 1.82) is 5.26 Å². The first-order valence-electron chi connectivity index (χ1n) is 6.44. The van der Waals surface area contributed by atoms with Gasteiger partial charge in [0.25, 0.3) is 0 Å². The summed E-state index contributed by atoms with van der Waals surface area (Å²) in [5.41, 5.74) is 3.47. The molecule has 2 heteroatoms. The van der Waals surface area contributed by atoms with Gasteiger partial charge in [0.1, 0.15) is 6.07 Å². The molecular formula is C15H20N2. The van der Waals surface area contributed by atoms with Gasteiger partial charge in [-0.1, -0.05) is 25.5 Å². The summed E-state index contributed by atoms with van der Waals surface area (Å²) < 4.78 is 0. The van der Waals surface area contributed by atoms with E-state index < -0.39 is 0 Å². The molecule has 0 heterocycles. The van der Waals surface area contributed by atoms with Crippen molar-refractivity contribution in [3.8, 4) is 6.07 Å². The maximum atomic E-state index is 9.10. The van der Waals surface area contributed by atoms with Crippen LogP contribution in [0.5, 0.6) is 0 Å². The van der Waals surface area contributed by atoms with E-state index in [2.05, 4.69) is 31.3 Å². The third-order valence-corrected chi connectivity index (χ3v) is 3.77. The van der Waals surface area contributed by atoms with Crippen molar-refractivity contribution in [2.75, 3.05) is 11.9 Å². The van der Waals surface area contributed by atoms with Crippen LogP contribution >= 0.6 is 0 Å². The molecule has 0 spiro atoms. The van der Waals surface area contributed by atoms with E-state index in [9.17, 15) is 0 Å². The molecule has 0 unspecified atom stereocenters. The van der Waals surface area contributed by atoms with Gasteiger partial charge in [0.05, 0.1) is 11.3 Å². The van der Waals surface area contributed by atoms with Gasteiger partial charge in [0.2, 0.25) is 0 Å². The molecule has 1 aliphatic carbocycles. The average Bonchev–Trinajstić information content (AvgIpc) is 3.08. The van der Waals surface area contributed by atoms with E-state index in [1.807, 2.05) is 12.1 Å². The second-order valence-electron chi connectivity index (χ2n) is 5.21. The highest BCUT2D eigenvalue weighted by Crippen LogP contribution is 2.49. The van der Waals surface area contributed by atoms with Gasteiger partial charge in [-0.3, -0.25) is 0 Å². The zero-order chi connectivity index (χ0) is 12.3. The van der Waals surface area contributed by atoms with Crippen LogP contribution in [0.3, 0.4) is 0 Å². The normalized spacial score (nSPS) is 16.3. The van der Waals surface area contributed by atoms with Gasteiger partial charge in [-0.05, 0) is 43.2 Å². The Hall–Kier alpha value is -1.49. The first kappa shape index (κ1) is 12.0. The van der Waals surface area contributed by atoms with Gasteiger partial charge in [0.15, 0.2) is 0 Å². The number of para-hydroxylation sites is 1. The smallest absolute Gasteiger partial charge is 0.101 e.